The van der Waals surface area contributed by atoms with E-state index in [9.17, 15) is 0 Å². The van der Waals surface area contributed by atoms with E-state index in [1.54, 1.807) is 18.2 Å². The molecular formula is C14H10ClN3O. The van der Waals surface area contributed by atoms with Gasteiger partial charge >= 0.3 is 0 Å². The largest absolute Gasteiger partial charge is 0.416 e. The molecule has 0 fully saturated rings. The summed E-state index contributed by atoms with van der Waals surface area (Å²) < 4.78 is 5.63. The van der Waals surface area contributed by atoms with Gasteiger partial charge in [-0.05, 0) is 30.3 Å². The summed E-state index contributed by atoms with van der Waals surface area (Å²) in [5.41, 5.74) is 7.88. The smallest absolute Gasteiger partial charge is 0.248 e. The van der Waals surface area contributed by atoms with Crippen LogP contribution in [0.4, 0.5) is 5.69 Å². The SMILES string of the molecule is Nc1cc(Cl)cc(-c2nnc(-c3ccccc3)o2)c1. The monoisotopic (exact) mass is 271 g/mol. The second kappa shape index (κ2) is 4.74. The van der Waals surface area contributed by atoms with Crippen molar-refractivity contribution < 1.29 is 4.42 Å². The molecule has 0 aliphatic rings. The average molecular weight is 272 g/mol. The van der Waals surface area contributed by atoms with Crippen LogP contribution in [0.1, 0.15) is 0 Å². The number of hydrogen-bond acceptors (Lipinski definition) is 4. The first-order chi connectivity index (χ1) is 9.22. The molecule has 0 aliphatic carbocycles. The molecule has 3 rings (SSSR count). The molecule has 5 heteroatoms. The summed E-state index contributed by atoms with van der Waals surface area (Å²) in [5, 5.41) is 8.57. The molecular weight excluding hydrogens is 262 g/mol. The summed E-state index contributed by atoms with van der Waals surface area (Å²) in [7, 11) is 0. The number of nitrogens with two attached hydrogens (primary N) is 1. The van der Waals surface area contributed by atoms with Crippen molar-refractivity contribution in [3.8, 4) is 22.9 Å². The van der Waals surface area contributed by atoms with Crippen molar-refractivity contribution in [2.24, 2.45) is 0 Å². The van der Waals surface area contributed by atoms with E-state index in [4.69, 9.17) is 21.8 Å². The van der Waals surface area contributed by atoms with E-state index in [2.05, 4.69) is 10.2 Å². The third-order valence-electron chi connectivity index (χ3n) is 2.61. The minimum atomic E-state index is 0.396. The van der Waals surface area contributed by atoms with Gasteiger partial charge in [-0.1, -0.05) is 29.8 Å². The molecule has 3 aromatic rings. The Hall–Kier alpha value is -2.33. The summed E-state index contributed by atoms with van der Waals surface area (Å²) in [4.78, 5) is 0. The zero-order valence-electron chi connectivity index (χ0n) is 9.88. The molecule has 4 nitrogen and oxygen atoms in total. The summed E-state index contributed by atoms with van der Waals surface area (Å²) >= 11 is 5.95. The summed E-state index contributed by atoms with van der Waals surface area (Å²) in [6.45, 7) is 0. The summed E-state index contributed by atoms with van der Waals surface area (Å²) in [6, 6.07) is 14.7. The molecule has 0 amide bonds. The molecule has 0 bridgehead atoms. The number of aromatic nitrogens is 2. The first-order valence-corrected chi connectivity index (χ1v) is 6.05. The molecule has 0 atom stereocenters. The lowest BCUT2D eigenvalue weighted by Crippen LogP contribution is -1.86. The van der Waals surface area contributed by atoms with Gasteiger partial charge in [-0.2, -0.15) is 0 Å². The number of anilines is 1. The third kappa shape index (κ3) is 2.44. The van der Waals surface area contributed by atoms with Crippen LogP contribution >= 0.6 is 11.6 Å². The van der Waals surface area contributed by atoms with Crippen LogP contribution in [0.2, 0.25) is 5.02 Å². The van der Waals surface area contributed by atoms with Gasteiger partial charge < -0.3 is 10.2 Å². The molecule has 0 saturated heterocycles. The van der Waals surface area contributed by atoms with Gasteiger partial charge in [0.2, 0.25) is 11.8 Å². The van der Waals surface area contributed by atoms with Gasteiger partial charge in [-0.3, -0.25) is 0 Å². The number of rotatable bonds is 2. The maximum atomic E-state index is 5.95. The van der Waals surface area contributed by atoms with Gasteiger partial charge in [0.15, 0.2) is 0 Å². The van der Waals surface area contributed by atoms with E-state index in [1.165, 1.54) is 0 Å². The molecule has 94 valence electrons. The van der Waals surface area contributed by atoms with E-state index in [0.717, 1.165) is 5.56 Å². The minimum absolute atomic E-state index is 0.396. The first kappa shape index (κ1) is 11.7. The Morgan fingerprint density at radius 2 is 1.58 bits per heavy atom. The fourth-order valence-electron chi connectivity index (χ4n) is 1.77. The maximum Gasteiger partial charge on any atom is 0.248 e. The highest BCUT2D eigenvalue weighted by molar-refractivity contribution is 6.31. The zero-order chi connectivity index (χ0) is 13.2. The standard InChI is InChI=1S/C14H10ClN3O/c15-11-6-10(7-12(16)8-11)14-18-17-13(19-14)9-4-2-1-3-5-9/h1-8H,16H2. The molecule has 1 aromatic heterocycles. The fourth-order valence-corrected chi connectivity index (χ4v) is 2.02. The molecule has 0 spiro atoms. The van der Waals surface area contributed by atoms with Crippen molar-refractivity contribution in [1.29, 1.82) is 0 Å². The number of halogens is 1. The van der Waals surface area contributed by atoms with Crippen LogP contribution in [0.15, 0.2) is 52.9 Å². The highest BCUT2D eigenvalue weighted by atomic mass is 35.5. The lowest BCUT2D eigenvalue weighted by Gasteiger charge is -1.98. The van der Waals surface area contributed by atoms with Crippen molar-refractivity contribution in [3.63, 3.8) is 0 Å². The zero-order valence-corrected chi connectivity index (χ0v) is 10.6. The first-order valence-electron chi connectivity index (χ1n) is 5.68. The highest BCUT2D eigenvalue weighted by Gasteiger charge is 2.11. The fraction of sp³-hybridized carbons (Fsp3) is 0. The van der Waals surface area contributed by atoms with Crippen molar-refractivity contribution >= 4 is 17.3 Å². The number of benzene rings is 2. The van der Waals surface area contributed by atoms with Gasteiger partial charge in [0.25, 0.3) is 0 Å². The van der Waals surface area contributed by atoms with E-state index in [0.29, 0.717) is 28.1 Å². The van der Waals surface area contributed by atoms with Gasteiger partial charge in [-0.25, -0.2) is 0 Å². The number of nitrogen functional groups attached to an aromatic ring is 1. The van der Waals surface area contributed by atoms with Gasteiger partial charge in [0.05, 0.1) is 0 Å². The van der Waals surface area contributed by atoms with Crippen LogP contribution in [0.25, 0.3) is 22.9 Å². The quantitative estimate of drug-likeness (QED) is 0.723. The molecule has 0 unspecified atom stereocenters. The minimum Gasteiger partial charge on any atom is -0.416 e. The average Bonchev–Trinajstić information content (AvgIpc) is 2.88. The van der Waals surface area contributed by atoms with Crippen LogP contribution in [0.3, 0.4) is 0 Å². The predicted octanol–water partition coefficient (Wildman–Crippen LogP) is 3.64. The van der Waals surface area contributed by atoms with Crippen LogP contribution in [-0.2, 0) is 0 Å². The van der Waals surface area contributed by atoms with Crippen LogP contribution < -0.4 is 5.73 Å². The Kier molecular flexibility index (Phi) is 2.93. The Balaban J connectivity index is 2.02. The number of nitrogens with zero attached hydrogens (tertiary/aromatic N) is 2. The molecule has 0 saturated carbocycles. The normalized spacial score (nSPS) is 10.6. The molecule has 2 N–H and O–H groups in total. The second-order valence-electron chi connectivity index (χ2n) is 4.05. The van der Waals surface area contributed by atoms with Gasteiger partial charge in [-0.15, -0.1) is 10.2 Å². The maximum absolute atomic E-state index is 5.95. The Morgan fingerprint density at radius 3 is 2.26 bits per heavy atom. The van der Waals surface area contributed by atoms with E-state index < -0.39 is 0 Å². The van der Waals surface area contributed by atoms with Crippen LogP contribution in [0, 0.1) is 0 Å². The molecule has 1 heterocycles. The molecule has 0 radical (unpaired) electrons. The lowest BCUT2D eigenvalue weighted by atomic mass is 10.2. The Bertz CT molecular complexity index is 689. The third-order valence-corrected chi connectivity index (χ3v) is 2.83. The topological polar surface area (TPSA) is 64.9 Å². The van der Waals surface area contributed by atoms with E-state index >= 15 is 0 Å². The van der Waals surface area contributed by atoms with Gasteiger partial charge in [0.1, 0.15) is 0 Å². The van der Waals surface area contributed by atoms with Crippen molar-refractivity contribution in [2.45, 2.75) is 0 Å². The Labute approximate surface area is 114 Å². The second-order valence-corrected chi connectivity index (χ2v) is 4.49. The predicted molar refractivity (Wildman–Crippen MR) is 74.6 cm³/mol. The highest BCUT2D eigenvalue weighted by Crippen LogP contribution is 2.27. The van der Waals surface area contributed by atoms with Crippen molar-refractivity contribution in [2.75, 3.05) is 5.73 Å². The summed E-state index contributed by atoms with van der Waals surface area (Å²) in [5.74, 6) is 0.863. The number of hydrogen-bond donors (Lipinski definition) is 1. The van der Waals surface area contributed by atoms with Gasteiger partial charge in [0, 0.05) is 21.8 Å². The van der Waals surface area contributed by atoms with Crippen molar-refractivity contribution in [3.05, 3.63) is 53.6 Å². The van der Waals surface area contributed by atoms with E-state index in [-0.39, 0.29) is 0 Å². The summed E-state index contributed by atoms with van der Waals surface area (Å²) in [6.07, 6.45) is 0. The van der Waals surface area contributed by atoms with E-state index in [1.807, 2.05) is 30.3 Å². The van der Waals surface area contributed by atoms with Crippen LogP contribution in [0.5, 0.6) is 0 Å². The lowest BCUT2D eigenvalue weighted by molar-refractivity contribution is 0.584. The Morgan fingerprint density at radius 1 is 0.895 bits per heavy atom. The van der Waals surface area contributed by atoms with Crippen molar-refractivity contribution in [1.82, 2.24) is 10.2 Å². The molecule has 2 aromatic carbocycles. The van der Waals surface area contributed by atoms with Crippen LogP contribution in [-0.4, -0.2) is 10.2 Å². The molecule has 19 heavy (non-hydrogen) atoms. The molecule has 0 aliphatic heterocycles.